The third-order valence-electron chi connectivity index (χ3n) is 6.52. The Bertz CT molecular complexity index is 685. The Balaban J connectivity index is 3.46. The molecule has 12 heteroatoms. The van der Waals surface area contributed by atoms with Crippen LogP contribution in [0, 0.1) is 11.3 Å². The van der Waals surface area contributed by atoms with Gasteiger partial charge in [-0.25, -0.2) is 0 Å². The van der Waals surface area contributed by atoms with E-state index in [0.717, 1.165) is 0 Å². The first-order valence-corrected chi connectivity index (χ1v) is 13.7. The van der Waals surface area contributed by atoms with Gasteiger partial charge in [-0.2, -0.15) is 0 Å². The van der Waals surface area contributed by atoms with Crippen LogP contribution in [0.4, 0.5) is 0 Å². The smallest absolute Gasteiger partial charge is 0.322 e. The van der Waals surface area contributed by atoms with Crippen LogP contribution in [0.2, 0.25) is 0 Å². The van der Waals surface area contributed by atoms with Crippen molar-refractivity contribution >= 4 is 26.9 Å². The summed E-state index contributed by atoms with van der Waals surface area (Å²) in [6, 6.07) is 0. The van der Waals surface area contributed by atoms with Crippen LogP contribution in [0.25, 0.3) is 0 Å². The van der Waals surface area contributed by atoms with Crippen molar-refractivity contribution in [1.29, 1.82) is 0 Å². The van der Waals surface area contributed by atoms with Gasteiger partial charge in [0.15, 0.2) is 0 Å². The summed E-state index contributed by atoms with van der Waals surface area (Å²) in [4.78, 5) is 67.1. The molecule has 0 aromatic heterocycles. The number of hydrogen-bond acceptors (Lipinski definition) is 5. The SMILES string of the molecule is CCN(C(=O)C(CC)(CC)CC(=O)C1CCNCC1)C(CC)(P(=O)(O)O)P(=O)(O)O. The van der Waals surface area contributed by atoms with Gasteiger partial charge in [0.25, 0.3) is 0 Å². The van der Waals surface area contributed by atoms with Crippen LogP contribution >= 0.6 is 15.2 Å². The van der Waals surface area contributed by atoms with Gasteiger partial charge in [0.05, 0.1) is 5.41 Å². The molecule has 0 aliphatic carbocycles. The minimum Gasteiger partial charge on any atom is -0.322 e. The van der Waals surface area contributed by atoms with Crippen LogP contribution in [0.1, 0.15) is 66.2 Å². The second-order valence-electron chi connectivity index (χ2n) is 7.92. The Morgan fingerprint density at radius 3 is 1.73 bits per heavy atom. The van der Waals surface area contributed by atoms with Gasteiger partial charge in [0.2, 0.25) is 10.9 Å². The highest BCUT2D eigenvalue weighted by molar-refractivity contribution is 7.72. The number of piperidine rings is 1. The minimum absolute atomic E-state index is 0.0981. The Hall–Kier alpha value is -0.600. The molecular formula is C18H36N2O8P2. The number of ketones is 1. The topological polar surface area (TPSA) is 164 Å². The molecule has 0 saturated carbocycles. The first-order chi connectivity index (χ1) is 13.8. The molecule has 1 fully saturated rings. The summed E-state index contributed by atoms with van der Waals surface area (Å²) in [7, 11) is -10.9. The maximum Gasteiger partial charge on any atom is 0.363 e. The van der Waals surface area contributed by atoms with Crippen molar-refractivity contribution in [2.24, 2.45) is 11.3 Å². The monoisotopic (exact) mass is 470 g/mol. The number of amides is 1. The fourth-order valence-corrected chi connectivity index (χ4v) is 7.71. The van der Waals surface area contributed by atoms with Crippen LogP contribution in [0.5, 0.6) is 0 Å². The molecule has 1 rings (SSSR count). The second kappa shape index (κ2) is 10.3. The number of carbonyl (C=O) groups is 2. The molecule has 176 valence electrons. The van der Waals surface area contributed by atoms with E-state index in [4.69, 9.17) is 0 Å². The normalized spacial score (nSPS) is 17.1. The standard InChI is InChI=1S/C18H36N2O8P2/c1-5-17(6-2,13-15(21)14-9-11-19-12-10-14)16(22)20(8-4)18(7-3,29(23,24)25)30(26,27)28/h14,19H,5-13H2,1-4H3,(H2,23,24,25)(H2,26,27,28). The van der Waals surface area contributed by atoms with E-state index in [1.807, 2.05) is 0 Å². The van der Waals surface area contributed by atoms with E-state index in [0.29, 0.717) is 30.8 Å². The van der Waals surface area contributed by atoms with E-state index in [1.165, 1.54) is 13.8 Å². The molecule has 10 nitrogen and oxygen atoms in total. The van der Waals surface area contributed by atoms with E-state index in [1.54, 1.807) is 13.8 Å². The van der Waals surface area contributed by atoms with Crippen molar-refractivity contribution in [3.8, 4) is 0 Å². The van der Waals surface area contributed by atoms with E-state index in [2.05, 4.69) is 5.32 Å². The first-order valence-electron chi connectivity index (χ1n) is 10.4. The van der Waals surface area contributed by atoms with Crippen molar-refractivity contribution < 1.29 is 38.3 Å². The average Bonchev–Trinajstić information content (AvgIpc) is 2.68. The van der Waals surface area contributed by atoms with Gasteiger partial charge in [-0.1, -0.05) is 20.8 Å². The molecule has 1 aliphatic rings. The Kier molecular flexibility index (Phi) is 9.46. The predicted octanol–water partition coefficient (Wildman–Crippen LogP) is 2.02. The summed E-state index contributed by atoms with van der Waals surface area (Å²) >= 11 is 0. The fraction of sp³-hybridized carbons (Fsp3) is 0.889. The molecule has 0 bridgehead atoms. The van der Waals surface area contributed by atoms with Gasteiger partial charge in [0.1, 0.15) is 5.78 Å². The zero-order chi connectivity index (χ0) is 23.4. The lowest BCUT2D eigenvalue weighted by atomic mass is 9.73. The molecule has 0 spiro atoms. The number of nitrogens with one attached hydrogen (secondary N) is 1. The molecule has 1 aliphatic heterocycles. The lowest BCUT2D eigenvalue weighted by molar-refractivity contribution is -0.149. The molecule has 1 saturated heterocycles. The van der Waals surface area contributed by atoms with E-state index in [9.17, 15) is 38.3 Å². The summed E-state index contributed by atoms with van der Waals surface area (Å²) in [5.74, 6) is -1.10. The summed E-state index contributed by atoms with van der Waals surface area (Å²) in [6.07, 6.45) is 0.958. The number of Topliss-reactive ketones (excluding diaryl/α,β-unsaturated/α-hetero) is 1. The van der Waals surface area contributed by atoms with Crippen LogP contribution < -0.4 is 5.32 Å². The maximum atomic E-state index is 13.7. The first kappa shape index (κ1) is 27.4. The quantitative estimate of drug-likeness (QED) is 0.284. The summed E-state index contributed by atoms with van der Waals surface area (Å²) in [5, 5.41) is 0.212. The highest BCUT2D eigenvalue weighted by Crippen LogP contribution is 2.72. The van der Waals surface area contributed by atoms with Gasteiger partial charge < -0.3 is 29.8 Å². The Labute approximate surface area is 178 Å². The average molecular weight is 470 g/mol. The van der Waals surface area contributed by atoms with E-state index < -0.39 is 38.0 Å². The van der Waals surface area contributed by atoms with Crippen LogP contribution in [-0.2, 0) is 18.7 Å². The van der Waals surface area contributed by atoms with Crippen LogP contribution in [-0.4, -0.2) is 60.8 Å². The molecule has 0 radical (unpaired) electrons. The lowest BCUT2D eigenvalue weighted by Crippen LogP contribution is -2.56. The lowest BCUT2D eigenvalue weighted by Gasteiger charge is -2.46. The molecule has 5 N–H and O–H groups in total. The van der Waals surface area contributed by atoms with Crippen molar-refractivity contribution in [3.63, 3.8) is 0 Å². The fourth-order valence-electron chi connectivity index (χ4n) is 4.43. The zero-order valence-corrected chi connectivity index (χ0v) is 20.0. The Morgan fingerprint density at radius 2 is 1.40 bits per heavy atom. The maximum absolute atomic E-state index is 13.7. The number of hydrogen-bond donors (Lipinski definition) is 5. The van der Waals surface area contributed by atoms with Crippen LogP contribution in [0.3, 0.4) is 0 Å². The predicted molar refractivity (Wildman–Crippen MR) is 113 cm³/mol. The van der Waals surface area contributed by atoms with E-state index >= 15 is 0 Å². The summed E-state index contributed by atoms with van der Waals surface area (Å²) < 4.78 is 24.7. The van der Waals surface area contributed by atoms with Gasteiger partial charge in [-0.3, -0.25) is 18.7 Å². The molecular weight excluding hydrogens is 434 g/mol. The Morgan fingerprint density at radius 1 is 0.933 bits per heavy atom. The summed E-state index contributed by atoms with van der Waals surface area (Å²) in [5.41, 5.74) is -1.29. The van der Waals surface area contributed by atoms with Crippen molar-refractivity contribution in [3.05, 3.63) is 0 Å². The molecule has 0 aromatic rings. The van der Waals surface area contributed by atoms with Crippen molar-refractivity contribution in [2.45, 2.75) is 71.2 Å². The van der Waals surface area contributed by atoms with Gasteiger partial charge in [0, 0.05) is 18.9 Å². The molecule has 0 aromatic carbocycles. The summed E-state index contributed by atoms with van der Waals surface area (Å²) in [6.45, 7) is 7.14. The van der Waals surface area contributed by atoms with Crippen LogP contribution in [0.15, 0.2) is 0 Å². The highest BCUT2D eigenvalue weighted by atomic mass is 31.2. The molecule has 0 atom stereocenters. The molecule has 1 heterocycles. The van der Waals surface area contributed by atoms with Crippen molar-refractivity contribution in [2.75, 3.05) is 19.6 Å². The third kappa shape index (κ3) is 5.07. The number of nitrogens with zero attached hydrogens (tertiary/aromatic N) is 1. The largest absolute Gasteiger partial charge is 0.363 e. The van der Waals surface area contributed by atoms with Gasteiger partial charge in [-0.05, 0) is 52.1 Å². The molecule has 0 unspecified atom stereocenters. The molecule has 1 amide bonds. The highest BCUT2D eigenvalue weighted by Gasteiger charge is 2.65. The zero-order valence-electron chi connectivity index (χ0n) is 18.2. The second-order valence-corrected chi connectivity index (χ2v) is 11.9. The third-order valence-corrected chi connectivity index (χ3v) is 11.1. The number of rotatable bonds is 11. The number of carbonyl (C=O) groups excluding carboxylic acids is 2. The minimum atomic E-state index is -5.46. The van der Waals surface area contributed by atoms with Gasteiger partial charge in [-0.15, -0.1) is 0 Å². The van der Waals surface area contributed by atoms with Crippen molar-refractivity contribution in [1.82, 2.24) is 10.2 Å². The van der Waals surface area contributed by atoms with E-state index in [-0.39, 0.29) is 37.5 Å². The van der Waals surface area contributed by atoms with Gasteiger partial charge >= 0.3 is 15.2 Å². The molecule has 30 heavy (non-hydrogen) atoms.